The number of ether oxygens (including phenoxy) is 1. The van der Waals surface area contributed by atoms with E-state index < -0.39 is 0 Å². The Morgan fingerprint density at radius 2 is 1.73 bits per heavy atom. The highest BCUT2D eigenvalue weighted by molar-refractivity contribution is 7.18. The first-order valence-corrected chi connectivity index (χ1v) is 10.4. The van der Waals surface area contributed by atoms with Crippen LogP contribution >= 0.6 is 11.3 Å². The number of nitrogens with one attached hydrogen (secondary N) is 1. The zero-order chi connectivity index (χ0) is 20.9. The van der Waals surface area contributed by atoms with Crippen molar-refractivity contribution >= 4 is 22.4 Å². The van der Waals surface area contributed by atoms with E-state index in [0.29, 0.717) is 18.0 Å². The van der Waals surface area contributed by atoms with Crippen molar-refractivity contribution in [2.24, 2.45) is 0 Å². The average molecular weight is 420 g/mol. The van der Waals surface area contributed by atoms with Crippen LogP contribution in [0.4, 0.5) is 5.13 Å². The summed E-state index contributed by atoms with van der Waals surface area (Å²) in [7, 11) is 1.62. The molecule has 152 valence electrons. The molecule has 2 aromatic heterocycles. The lowest BCUT2D eigenvalue weighted by molar-refractivity contribution is -0.116. The molecule has 0 aliphatic carbocycles. The summed E-state index contributed by atoms with van der Waals surface area (Å²) in [4.78, 5) is 12.3. The molecule has 1 N–H and O–H groups in total. The molecule has 0 saturated heterocycles. The Balaban J connectivity index is 1.32. The van der Waals surface area contributed by atoms with Crippen molar-refractivity contribution in [2.45, 2.75) is 19.8 Å². The van der Waals surface area contributed by atoms with Gasteiger partial charge in [0.15, 0.2) is 0 Å². The van der Waals surface area contributed by atoms with Gasteiger partial charge in [0.2, 0.25) is 11.0 Å². The Morgan fingerprint density at radius 3 is 2.47 bits per heavy atom. The van der Waals surface area contributed by atoms with E-state index in [2.05, 4.69) is 15.5 Å². The maximum Gasteiger partial charge on any atom is 0.226 e. The van der Waals surface area contributed by atoms with Crippen LogP contribution in [0, 0.1) is 6.92 Å². The Morgan fingerprint density at radius 1 is 1.00 bits per heavy atom. The van der Waals surface area contributed by atoms with E-state index in [1.807, 2.05) is 67.6 Å². The fourth-order valence-corrected chi connectivity index (χ4v) is 3.69. The quantitative estimate of drug-likeness (QED) is 0.437. The number of carbonyl (C=O) groups excluding carboxylic acids is 1. The number of benzene rings is 2. The highest BCUT2D eigenvalue weighted by Gasteiger charge is 2.12. The molecule has 0 aliphatic rings. The van der Waals surface area contributed by atoms with E-state index in [4.69, 9.17) is 9.15 Å². The Labute approximate surface area is 178 Å². The van der Waals surface area contributed by atoms with Gasteiger partial charge in [-0.05, 0) is 43.3 Å². The van der Waals surface area contributed by atoms with Gasteiger partial charge in [-0.1, -0.05) is 41.2 Å². The van der Waals surface area contributed by atoms with Crippen LogP contribution in [-0.4, -0.2) is 23.2 Å². The van der Waals surface area contributed by atoms with Crippen molar-refractivity contribution in [3.05, 3.63) is 72.0 Å². The minimum atomic E-state index is -0.124. The largest absolute Gasteiger partial charge is 0.497 e. The number of carbonyl (C=O) groups is 1. The molecule has 0 unspecified atom stereocenters. The maximum absolute atomic E-state index is 12.3. The van der Waals surface area contributed by atoms with Crippen molar-refractivity contribution in [2.75, 3.05) is 12.4 Å². The first kappa shape index (κ1) is 19.8. The van der Waals surface area contributed by atoms with Gasteiger partial charge in [-0.3, -0.25) is 4.79 Å². The van der Waals surface area contributed by atoms with Crippen molar-refractivity contribution in [3.8, 4) is 27.6 Å². The molecule has 1 amide bonds. The molecule has 7 heteroatoms. The van der Waals surface area contributed by atoms with E-state index in [1.165, 1.54) is 16.9 Å². The van der Waals surface area contributed by atoms with E-state index in [0.717, 1.165) is 33.4 Å². The summed E-state index contributed by atoms with van der Waals surface area (Å²) in [6.07, 6.45) is 0.820. The number of amides is 1. The number of hydrogen-bond acceptors (Lipinski definition) is 6. The second kappa shape index (κ2) is 8.92. The SMILES string of the molecule is COc1ccc(-c2nnc(NC(=O)CCc3ccc(-c4ccc(C)cc4)o3)s2)cc1. The van der Waals surface area contributed by atoms with Crippen LogP contribution in [0.2, 0.25) is 0 Å². The summed E-state index contributed by atoms with van der Waals surface area (Å²) in [6.45, 7) is 2.05. The van der Waals surface area contributed by atoms with E-state index in [-0.39, 0.29) is 5.91 Å². The lowest BCUT2D eigenvalue weighted by Crippen LogP contribution is -2.11. The predicted molar refractivity (Wildman–Crippen MR) is 118 cm³/mol. The summed E-state index contributed by atoms with van der Waals surface area (Å²) in [5.74, 6) is 2.23. The molecule has 0 fully saturated rings. The van der Waals surface area contributed by atoms with Crippen molar-refractivity contribution in [3.63, 3.8) is 0 Å². The molecule has 6 nitrogen and oxygen atoms in total. The highest BCUT2D eigenvalue weighted by atomic mass is 32.1. The third-order valence-electron chi connectivity index (χ3n) is 4.60. The zero-order valence-corrected chi connectivity index (χ0v) is 17.5. The molecule has 0 bridgehead atoms. The number of furan rings is 1. The molecule has 0 radical (unpaired) electrons. The monoisotopic (exact) mass is 419 g/mol. The zero-order valence-electron chi connectivity index (χ0n) is 16.7. The molecule has 4 aromatic rings. The maximum atomic E-state index is 12.3. The number of aromatic nitrogens is 2. The first-order chi connectivity index (χ1) is 14.6. The molecule has 0 saturated carbocycles. The van der Waals surface area contributed by atoms with Crippen LogP contribution < -0.4 is 10.1 Å². The second-order valence-corrected chi connectivity index (χ2v) is 7.80. The van der Waals surface area contributed by atoms with Crippen LogP contribution in [0.1, 0.15) is 17.7 Å². The van der Waals surface area contributed by atoms with Crippen molar-refractivity contribution < 1.29 is 13.9 Å². The summed E-state index contributed by atoms with van der Waals surface area (Å²) in [6, 6.07) is 19.5. The van der Waals surface area contributed by atoms with Gasteiger partial charge in [-0.25, -0.2) is 0 Å². The molecule has 0 spiro atoms. The third kappa shape index (κ3) is 4.75. The number of rotatable bonds is 7. The minimum absolute atomic E-state index is 0.124. The molecule has 2 aromatic carbocycles. The Hall–Kier alpha value is -3.45. The molecule has 2 heterocycles. The summed E-state index contributed by atoms with van der Waals surface area (Å²) >= 11 is 1.33. The lowest BCUT2D eigenvalue weighted by atomic mass is 10.1. The second-order valence-electron chi connectivity index (χ2n) is 6.82. The van der Waals surface area contributed by atoms with Gasteiger partial charge in [-0.2, -0.15) is 0 Å². The molecule has 0 aliphatic heterocycles. The van der Waals surface area contributed by atoms with Gasteiger partial charge < -0.3 is 14.5 Å². The van der Waals surface area contributed by atoms with Crippen LogP contribution in [0.3, 0.4) is 0 Å². The smallest absolute Gasteiger partial charge is 0.226 e. The molecular formula is C23H21N3O3S. The number of methoxy groups -OCH3 is 1. The minimum Gasteiger partial charge on any atom is -0.497 e. The summed E-state index contributed by atoms with van der Waals surface area (Å²) in [5.41, 5.74) is 3.15. The number of hydrogen-bond donors (Lipinski definition) is 1. The first-order valence-electron chi connectivity index (χ1n) is 9.54. The standard InChI is InChI=1S/C23H21N3O3S/c1-15-3-5-16(6-4-15)20-13-11-19(29-20)12-14-21(27)24-23-26-25-22(30-23)17-7-9-18(28-2)10-8-17/h3-11,13H,12,14H2,1-2H3,(H,24,26,27). The van der Waals surface area contributed by atoms with Gasteiger partial charge in [0.05, 0.1) is 7.11 Å². The summed E-state index contributed by atoms with van der Waals surface area (Å²) in [5, 5.41) is 12.2. The number of nitrogens with zero attached hydrogens (tertiary/aromatic N) is 2. The number of aryl methyl sites for hydroxylation is 2. The fraction of sp³-hybridized carbons (Fsp3) is 0.174. The van der Waals surface area contributed by atoms with Gasteiger partial charge in [-0.15, -0.1) is 10.2 Å². The Kier molecular flexibility index (Phi) is 5.90. The molecule has 30 heavy (non-hydrogen) atoms. The van der Waals surface area contributed by atoms with E-state index in [9.17, 15) is 4.79 Å². The number of anilines is 1. The van der Waals surface area contributed by atoms with Gasteiger partial charge >= 0.3 is 0 Å². The van der Waals surface area contributed by atoms with Gasteiger partial charge in [0.1, 0.15) is 22.3 Å². The normalized spacial score (nSPS) is 10.7. The topological polar surface area (TPSA) is 77.3 Å². The van der Waals surface area contributed by atoms with E-state index >= 15 is 0 Å². The molecular weight excluding hydrogens is 398 g/mol. The molecule has 0 atom stereocenters. The van der Waals surface area contributed by atoms with Crippen LogP contribution in [0.25, 0.3) is 21.9 Å². The van der Waals surface area contributed by atoms with Crippen LogP contribution in [-0.2, 0) is 11.2 Å². The van der Waals surface area contributed by atoms with Gasteiger partial charge in [0, 0.05) is 24.0 Å². The highest BCUT2D eigenvalue weighted by Crippen LogP contribution is 2.28. The summed E-state index contributed by atoms with van der Waals surface area (Å²) < 4.78 is 11.0. The van der Waals surface area contributed by atoms with Crippen molar-refractivity contribution in [1.82, 2.24) is 10.2 Å². The fourth-order valence-electron chi connectivity index (χ4n) is 2.93. The van der Waals surface area contributed by atoms with E-state index in [1.54, 1.807) is 7.11 Å². The van der Waals surface area contributed by atoms with Crippen molar-refractivity contribution in [1.29, 1.82) is 0 Å². The third-order valence-corrected chi connectivity index (χ3v) is 5.49. The molecule has 4 rings (SSSR count). The van der Waals surface area contributed by atoms with Gasteiger partial charge in [0.25, 0.3) is 0 Å². The predicted octanol–water partition coefficient (Wildman–Crippen LogP) is 5.35. The van der Waals surface area contributed by atoms with Crippen LogP contribution in [0.15, 0.2) is 65.1 Å². The van der Waals surface area contributed by atoms with Crippen LogP contribution in [0.5, 0.6) is 5.75 Å². The average Bonchev–Trinajstić information content (AvgIpc) is 3.43. The Bertz CT molecular complexity index is 1130. The lowest BCUT2D eigenvalue weighted by Gasteiger charge is -2.01.